The molecule has 0 bridgehead atoms. The van der Waals surface area contributed by atoms with E-state index in [1.807, 2.05) is 6.07 Å². The topological polar surface area (TPSA) is 68.1 Å². The van der Waals surface area contributed by atoms with Crippen molar-refractivity contribution in [1.29, 1.82) is 5.26 Å². The summed E-state index contributed by atoms with van der Waals surface area (Å²) >= 11 is 0. The van der Waals surface area contributed by atoms with Gasteiger partial charge in [-0.2, -0.15) is 18.4 Å². The maximum Gasteiger partial charge on any atom is 0.416 e. The average molecular weight is 376 g/mol. The van der Waals surface area contributed by atoms with Crippen molar-refractivity contribution in [3.05, 3.63) is 47.8 Å². The number of hydrogen-bond donors (Lipinski definition) is 1. The summed E-state index contributed by atoms with van der Waals surface area (Å²) < 4.78 is 38.2. The van der Waals surface area contributed by atoms with Crippen molar-refractivity contribution in [1.82, 2.24) is 14.9 Å². The highest BCUT2D eigenvalue weighted by atomic mass is 19.4. The molecule has 1 N–H and O–H groups in total. The van der Waals surface area contributed by atoms with Crippen molar-refractivity contribution in [2.24, 2.45) is 0 Å². The van der Waals surface area contributed by atoms with E-state index in [9.17, 15) is 13.2 Å². The van der Waals surface area contributed by atoms with E-state index in [-0.39, 0.29) is 5.56 Å². The van der Waals surface area contributed by atoms with Crippen molar-refractivity contribution in [2.45, 2.75) is 6.18 Å². The summed E-state index contributed by atoms with van der Waals surface area (Å²) in [6.07, 6.45) is -1.02. The predicted molar refractivity (Wildman–Crippen MR) is 95.3 cm³/mol. The summed E-state index contributed by atoms with van der Waals surface area (Å²) in [6.45, 7) is 4.59. The number of piperazine rings is 1. The van der Waals surface area contributed by atoms with Crippen LogP contribution in [0.15, 0.2) is 36.7 Å². The number of nitrogens with zero attached hydrogens (tertiary/aromatic N) is 5. The number of nitrogens with one attached hydrogen (secondary N) is 1. The summed E-state index contributed by atoms with van der Waals surface area (Å²) in [5.74, 6) is 0.721. The van der Waals surface area contributed by atoms with Gasteiger partial charge in [-0.3, -0.25) is 4.90 Å². The highest BCUT2D eigenvalue weighted by Gasteiger charge is 2.31. The molecule has 0 spiro atoms. The van der Waals surface area contributed by atoms with Crippen LogP contribution in [0.4, 0.5) is 24.8 Å². The molecule has 1 aliphatic heterocycles. The van der Waals surface area contributed by atoms with Gasteiger partial charge in [0, 0.05) is 51.7 Å². The molecule has 142 valence electrons. The number of hydrogen-bond acceptors (Lipinski definition) is 6. The smallest absolute Gasteiger partial charge is 0.383 e. The first kappa shape index (κ1) is 18.9. The van der Waals surface area contributed by atoms with Crippen molar-refractivity contribution in [2.75, 3.05) is 49.5 Å². The van der Waals surface area contributed by atoms with Crippen molar-refractivity contribution in [3.63, 3.8) is 0 Å². The molecule has 0 atom stereocenters. The molecule has 3 rings (SSSR count). The molecule has 6 nitrogen and oxygen atoms in total. The summed E-state index contributed by atoms with van der Waals surface area (Å²) in [4.78, 5) is 12.9. The monoisotopic (exact) mass is 376 g/mol. The summed E-state index contributed by atoms with van der Waals surface area (Å²) in [6, 6.07) is 6.78. The van der Waals surface area contributed by atoms with Crippen molar-refractivity contribution < 1.29 is 13.2 Å². The molecule has 0 radical (unpaired) electrons. The van der Waals surface area contributed by atoms with E-state index < -0.39 is 11.7 Å². The fourth-order valence-electron chi connectivity index (χ4n) is 2.94. The van der Waals surface area contributed by atoms with Gasteiger partial charge in [0.2, 0.25) is 5.95 Å². The number of alkyl halides is 3. The second-order valence-electron chi connectivity index (χ2n) is 6.17. The highest BCUT2D eigenvalue weighted by Crippen LogP contribution is 2.31. The Hall–Kier alpha value is -2.86. The Labute approximate surface area is 155 Å². The van der Waals surface area contributed by atoms with Crippen LogP contribution in [0.5, 0.6) is 0 Å². The first-order valence-corrected chi connectivity index (χ1v) is 8.57. The number of benzene rings is 1. The van der Waals surface area contributed by atoms with Crippen LogP contribution in [0, 0.1) is 11.3 Å². The zero-order valence-electron chi connectivity index (χ0n) is 14.6. The van der Waals surface area contributed by atoms with Gasteiger partial charge in [-0.05, 0) is 24.3 Å². The number of anilines is 2. The maximum absolute atomic E-state index is 12.7. The lowest BCUT2D eigenvalue weighted by Crippen LogP contribution is -2.48. The first-order chi connectivity index (χ1) is 13.0. The molecule has 0 unspecified atom stereocenters. The quantitative estimate of drug-likeness (QED) is 0.865. The predicted octanol–water partition coefficient (Wildman–Crippen LogP) is 2.60. The SMILES string of the molecule is N#Cc1cc(C(F)(F)F)ccc1NCCN1CCN(c2ncccn2)CC1. The van der Waals surface area contributed by atoms with Crippen molar-refractivity contribution in [3.8, 4) is 6.07 Å². The summed E-state index contributed by atoms with van der Waals surface area (Å²) in [5.41, 5.74) is -0.401. The molecule has 1 aromatic heterocycles. The Morgan fingerprint density at radius 3 is 2.44 bits per heavy atom. The molecular formula is C18H19F3N6. The van der Waals surface area contributed by atoms with E-state index in [1.54, 1.807) is 18.5 Å². The minimum Gasteiger partial charge on any atom is -0.383 e. The van der Waals surface area contributed by atoms with Gasteiger partial charge in [-0.1, -0.05) is 0 Å². The standard InChI is InChI=1S/C18H19F3N6/c19-18(20,21)15-2-3-16(14(12-15)13-22)23-6-7-26-8-10-27(11-9-26)17-24-4-1-5-25-17/h1-5,12,23H,6-11H2. The van der Waals surface area contributed by atoms with Gasteiger partial charge in [0.1, 0.15) is 6.07 Å². The normalized spacial score (nSPS) is 15.4. The number of rotatable bonds is 5. The lowest BCUT2D eigenvalue weighted by Gasteiger charge is -2.34. The van der Waals surface area contributed by atoms with E-state index >= 15 is 0 Å². The summed E-state index contributed by atoms with van der Waals surface area (Å²) in [5, 5.41) is 12.2. The Balaban J connectivity index is 1.49. The second kappa shape index (κ2) is 8.22. The van der Waals surface area contributed by atoms with Crippen LogP contribution in [0.3, 0.4) is 0 Å². The van der Waals surface area contributed by atoms with Gasteiger partial charge >= 0.3 is 6.18 Å². The van der Waals surface area contributed by atoms with Crippen LogP contribution in [0.1, 0.15) is 11.1 Å². The van der Waals surface area contributed by atoms with Crippen LogP contribution in [-0.4, -0.2) is 54.1 Å². The lowest BCUT2D eigenvalue weighted by molar-refractivity contribution is -0.137. The highest BCUT2D eigenvalue weighted by molar-refractivity contribution is 5.59. The molecular weight excluding hydrogens is 357 g/mol. The Morgan fingerprint density at radius 2 is 1.81 bits per heavy atom. The zero-order valence-corrected chi connectivity index (χ0v) is 14.6. The number of halogens is 3. The lowest BCUT2D eigenvalue weighted by atomic mass is 10.1. The van der Waals surface area contributed by atoms with Crippen LogP contribution in [0.25, 0.3) is 0 Å². The second-order valence-corrected chi connectivity index (χ2v) is 6.17. The van der Waals surface area contributed by atoms with Gasteiger partial charge < -0.3 is 10.2 Å². The molecule has 1 aliphatic rings. The molecule has 1 aromatic carbocycles. The van der Waals surface area contributed by atoms with Gasteiger partial charge in [-0.25, -0.2) is 9.97 Å². The third-order valence-corrected chi connectivity index (χ3v) is 4.42. The van der Waals surface area contributed by atoms with Crippen LogP contribution in [-0.2, 0) is 6.18 Å². The van der Waals surface area contributed by atoms with E-state index in [0.29, 0.717) is 12.2 Å². The third kappa shape index (κ3) is 4.86. The van der Waals surface area contributed by atoms with Gasteiger partial charge in [-0.15, -0.1) is 0 Å². The zero-order chi connectivity index (χ0) is 19.3. The number of aromatic nitrogens is 2. The number of nitriles is 1. The molecule has 0 saturated carbocycles. The first-order valence-electron chi connectivity index (χ1n) is 8.57. The van der Waals surface area contributed by atoms with E-state index in [1.165, 1.54) is 6.07 Å². The van der Waals surface area contributed by atoms with Crippen molar-refractivity contribution >= 4 is 11.6 Å². The van der Waals surface area contributed by atoms with Gasteiger partial charge in [0.25, 0.3) is 0 Å². The average Bonchev–Trinajstić information content (AvgIpc) is 2.68. The maximum atomic E-state index is 12.7. The molecule has 9 heteroatoms. The van der Waals surface area contributed by atoms with Crippen LogP contribution < -0.4 is 10.2 Å². The molecule has 1 saturated heterocycles. The largest absolute Gasteiger partial charge is 0.416 e. The Morgan fingerprint density at radius 1 is 1.11 bits per heavy atom. The minimum atomic E-state index is -4.45. The Kier molecular flexibility index (Phi) is 5.76. The fraction of sp³-hybridized carbons (Fsp3) is 0.389. The third-order valence-electron chi connectivity index (χ3n) is 4.42. The Bertz CT molecular complexity index is 795. The molecule has 0 aliphatic carbocycles. The van der Waals surface area contributed by atoms with E-state index in [2.05, 4.69) is 25.1 Å². The van der Waals surface area contributed by atoms with Gasteiger partial charge in [0.05, 0.1) is 16.8 Å². The van der Waals surface area contributed by atoms with Gasteiger partial charge in [0.15, 0.2) is 0 Å². The molecule has 27 heavy (non-hydrogen) atoms. The molecule has 2 heterocycles. The summed E-state index contributed by atoms with van der Waals surface area (Å²) in [7, 11) is 0. The fourth-order valence-corrected chi connectivity index (χ4v) is 2.94. The van der Waals surface area contributed by atoms with E-state index in [4.69, 9.17) is 5.26 Å². The van der Waals surface area contributed by atoms with Crippen LogP contribution in [0.2, 0.25) is 0 Å². The van der Waals surface area contributed by atoms with E-state index in [0.717, 1.165) is 50.8 Å². The molecule has 1 fully saturated rings. The minimum absolute atomic E-state index is 0.00382. The molecule has 0 amide bonds. The van der Waals surface area contributed by atoms with Crippen LogP contribution >= 0.6 is 0 Å². The molecule has 2 aromatic rings.